The Hall–Kier alpha value is -2.08. The molecule has 0 fully saturated rings. The number of hydrogen-bond donors (Lipinski definition) is 1. The van der Waals surface area contributed by atoms with Gasteiger partial charge in [-0.25, -0.2) is 4.98 Å². The molecule has 2 N–H and O–H groups in total. The molecule has 6 heteroatoms. The molecule has 0 aliphatic rings. The van der Waals surface area contributed by atoms with Crippen molar-refractivity contribution in [3.63, 3.8) is 0 Å². The second-order valence-electron chi connectivity index (χ2n) is 4.30. The monoisotopic (exact) mass is 263 g/mol. The van der Waals surface area contributed by atoms with Crippen molar-refractivity contribution in [1.82, 2.24) is 9.55 Å². The molecule has 1 atom stereocenters. The van der Waals surface area contributed by atoms with Crippen LogP contribution in [0.3, 0.4) is 0 Å². The molecule has 1 aromatic carbocycles. The molecule has 19 heavy (non-hydrogen) atoms. The van der Waals surface area contributed by atoms with Crippen LogP contribution in [0.5, 0.6) is 0 Å². The minimum Gasteiger partial charge on any atom is -0.459 e. The lowest BCUT2D eigenvalue weighted by Gasteiger charge is -2.13. The van der Waals surface area contributed by atoms with Crippen LogP contribution in [0.2, 0.25) is 0 Å². The number of fused-ring (bicyclic) bond motifs is 1. The third-order valence-electron chi connectivity index (χ3n) is 2.71. The van der Waals surface area contributed by atoms with E-state index in [1.165, 1.54) is 0 Å². The minimum absolute atomic E-state index is 0.0421. The predicted octanol–water partition coefficient (Wildman–Crippen LogP) is 1.20. The molecule has 0 aliphatic carbocycles. The smallest absolute Gasteiger partial charge is 0.326 e. The second kappa shape index (κ2) is 5.71. The van der Waals surface area contributed by atoms with E-state index in [-0.39, 0.29) is 18.6 Å². The highest BCUT2D eigenvalue weighted by molar-refractivity contribution is 5.81. The first-order chi connectivity index (χ1) is 9.11. The number of aromatic nitrogens is 2. The standard InChI is InChI=1S/C13H17N3O3/c1-9(8-18-2)19-12(17)7-16-11-6-4-3-5-10(11)15-13(16)14/h3-6,9H,7-8H2,1-2H3,(H2,14,15). The van der Waals surface area contributed by atoms with E-state index >= 15 is 0 Å². The molecule has 0 spiro atoms. The summed E-state index contributed by atoms with van der Waals surface area (Å²) >= 11 is 0. The van der Waals surface area contributed by atoms with Gasteiger partial charge in [0, 0.05) is 7.11 Å². The third kappa shape index (κ3) is 3.03. The predicted molar refractivity (Wildman–Crippen MR) is 71.6 cm³/mol. The number of para-hydroxylation sites is 2. The normalized spacial score (nSPS) is 12.5. The van der Waals surface area contributed by atoms with E-state index in [1.807, 2.05) is 24.3 Å². The van der Waals surface area contributed by atoms with Gasteiger partial charge in [0.25, 0.3) is 0 Å². The zero-order chi connectivity index (χ0) is 13.8. The van der Waals surface area contributed by atoms with Crippen molar-refractivity contribution in [2.24, 2.45) is 0 Å². The Kier molecular flexibility index (Phi) is 4.01. The zero-order valence-electron chi connectivity index (χ0n) is 11.0. The number of methoxy groups -OCH3 is 1. The molecule has 0 saturated carbocycles. The first-order valence-corrected chi connectivity index (χ1v) is 6.01. The molecule has 102 valence electrons. The molecule has 0 radical (unpaired) electrons. The topological polar surface area (TPSA) is 79.4 Å². The minimum atomic E-state index is -0.362. The van der Waals surface area contributed by atoms with E-state index in [0.29, 0.717) is 12.6 Å². The molecule has 0 bridgehead atoms. The van der Waals surface area contributed by atoms with Gasteiger partial charge in [-0.15, -0.1) is 0 Å². The Morgan fingerprint density at radius 1 is 1.47 bits per heavy atom. The number of nitrogen functional groups attached to an aromatic ring is 1. The Labute approximate surface area is 111 Å². The molecule has 1 aromatic heterocycles. The summed E-state index contributed by atoms with van der Waals surface area (Å²) < 4.78 is 11.7. The van der Waals surface area contributed by atoms with Crippen LogP contribution in [0.15, 0.2) is 24.3 Å². The molecule has 0 saturated heterocycles. The number of nitrogens with two attached hydrogens (primary N) is 1. The molecule has 0 amide bonds. The third-order valence-corrected chi connectivity index (χ3v) is 2.71. The van der Waals surface area contributed by atoms with Gasteiger partial charge in [-0.2, -0.15) is 0 Å². The van der Waals surface area contributed by atoms with Crippen LogP contribution in [-0.4, -0.2) is 35.3 Å². The van der Waals surface area contributed by atoms with Crippen molar-refractivity contribution in [1.29, 1.82) is 0 Å². The van der Waals surface area contributed by atoms with Crippen molar-refractivity contribution in [2.45, 2.75) is 19.6 Å². The van der Waals surface area contributed by atoms with Crippen molar-refractivity contribution in [3.8, 4) is 0 Å². The van der Waals surface area contributed by atoms with E-state index in [1.54, 1.807) is 18.6 Å². The lowest BCUT2D eigenvalue weighted by atomic mass is 10.3. The summed E-state index contributed by atoms with van der Waals surface area (Å²) in [6.45, 7) is 2.18. The molecular formula is C13H17N3O3. The molecule has 1 heterocycles. The van der Waals surface area contributed by atoms with E-state index < -0.39 is 0 Å². The first kappa shape index (κ1) is 13.4. The van der Waals surface area contributed by atoms with Gasteiger partial charge in [0.05, 0.1) is 17.6 Å². The van der Waals surface area contributed by atoms with Crippen LogP contribution in [0, 0.1) is 0 Å². The van der Waals surface area contributed by atoms with Gasteiger partial charge in [0.15, 0.2) is 0 Å². The Bertz CT molecular complexity index is 580. The fraction of sp³-hybridized carbons (Fsp3) is 0.385. The van der Waals surface area contributed by atoms with Gasteiger partial charge in [-0.1, -0.05) is 12.1 Å². The summed E-state index contributed by atoms with van der Waals surface area (Å²) in [7, 11) is 1.56. The fourth-order valence-corrected chi connectivity index (χ4v) is 1.92. The number of nitrogens with zero attached hydrogens (tertiary/aromatic N) is 2. The SMILES string of the molecule is COCC(C)OC(=O)Cn1c(N)nc2ccccc21. The number of benzene rings is 1. The Morgan fingerprint density at radius 2 is 2.21 bits per heavy atom. The second-order valence-corrected chi connectivity index (χ2v) is 4.30. The van der Waals surface area contributed by atoms with Gasteiger partial charge in [-0.05, 0) is 19.1 Å². The van der Waals surface area contributed by atoms with Crippen molar-refractivity contribution < 1.29 is 14.3 Å². The van der Waals surface area contributed by atoms with Gasteiger partial charge in [0.2, 0.25) is 5.95 Å². The number of anilines is 1. The van der Waals surface area contributed by atoms with Gasteiger partial charge in [0.1, 0.15) is 12.6 Å². The number of imidazole rings is 1. The fourth-order valence-electron chi connectivity index (χ4n) is 1.92. The van der Waals surface area contributed by atoms with E-state index in [2.05, 4.69) is 4.98 Å². The van der Waals surface area contributed by atoms with Crippen molar-refractivity contribution in [3.05, 3.63) is 24.3 Å². The van der Waals surface area contributed by atoms with Crippen molar-refractivity contribution >= 4 is 23.0 Å². The molecule has 0 aliphatic heterocycles. The van der Waals surface area contributed by atoms with Crippen LogP contribution >= 0.6 is 0 Å². The highest BCUT2D eigenvalue weighted by atomic mass is 16.6. The summed E-state index contributed by atoms with van der Waals surface area (Å²) in [6.07, 6.45) is -0.284. The molecule has 2 aromatic rings. The Morgan fingerprint density at radius 3 is 2.95 bits per heavy atom. The Balaban J connectivity index is 2.13. The van der Waals surface area contributed by atoms with Crippen LogP contribution in [0.4, 0.5) is 5.95 Å². The van der Waals surface area contributed by atoms with E-state index in [4.69, 9.17) is 15.2 Å². The summed E-state index contributed by atoms with van der Waals surface area (Å²) in [5.74, 6) is -0.0584. The lowest BCUT2D eigenvalue weighted by Crippen LogP contribution is -2.23. The van der Waals surface area contributed by atoms with Crippen LogP contribution in [0.25, 0.3) is 11.0 Å². The van der Waals surface area contributed by atoms with Gasteiger partial charge >= 0.3 is 5.97 Å². The number of carbonyl (C=O) groups excluding carboxylic acids is 1. The van der Waals surface area contributed by atoms with E-state index in [0.717, 1.165) is 11.0 Å². The van der Waals surface area contributed by atoms with Crippen LogP contribution in [-0.2, 0) is 20.8 Å². The highest BCUT2D eigenvalue weighted by Gasteiger charge is 2.14. The summed E-state index contributed by atoms with van der Waals surface area (Å²) in [4.78, 5) is 16.0. The van der Waals surface area contributed by atoms with Gasteiger partial charge in [-0.3, -0.25) is 9.36 Å². The molecule has 1 unspecified atom stereocenters. The maximum absolute atomic E-state index is 11.8. The van der Waals surface area contributed by atoms with E-state index in [9.17, 15) is 4.79 Å². The van der Waals surface area contributed by atoms with Crippen LogP contribution < -0.4 is 5.73 Å². The molecule has 2 rings (SSSR count). The largest absolute Gasteiger partial charge is 0.459 e. The van der Waals surface area contributed by atoms with Crippen molar-refractivity contribution in [2.75, 3.05) is 19.5 Å². The summed E-state index contributed by atoms with van der Waals surface area (Å²) in [5.41, 5.74) is 7.39. The molecule has 6 nitrogen and oxygen atoms in total. The number of hydrogen-bond acceptors (Lipinski definition) is 5. The average molecular weight is 263 g/mol. The number of ether oxygens (including phenoxy) is 2. The first-order valence-electron chi connectivity index (χ1n) is 6.01. The van der Waals surface area contributed by atoms with Gasteiger partial charge < -0.3 is 15.2 Å². The molecular weight excluding hydrogens is 246 g/mol. The van der Waals surface area contributed by atoms with Crippen LogP contribution in [0.1, 0.15) is 6.92 Å². The maximum atomic E-state index is 11.8. The average Bonchev–Trinajstić information content (AvgIpc) is 2.66. The summed E-state index contributed by atoms with van der Waals surface area (Å²) in [5, 5.41) is 0. The number of rotatable bonds is 5. The lowest BCUT2D eigenvalue weighted by molar-refractivity contribution is -0.151. The maximum Gasteiger partial charge on any atom is 0.326 e. The highest BCUT2D eigenvalue weighted by Crippen LogP contribution is 2.17. The zero-order valence-corrected chi connectivity index (χ0v) is 11.0. The quantitative estimate of drug-likeness (QED) is 0.820. The number of esters is 1. The summed E-state index contributed by atoms with van der Waals surface area (Å²) in [6, 6.07) is 7.46. The number of carbonyl (C=O) groups is 1.